The lowest BCUT2D eigenvalue weighted by molar-refractivity contribution is -0.142. The fourth-order valence-corrected chi connectivity index (χ4v) is 11.6. The van der Waals surface area contributed by atoms with Gasteiger partial charge in [0.2, 0.25) is 33.6 Å². The molecule has 1 unspecified atom stereocenters. The smallest absolute Gasteiger partial charge is 0.421 e. The maximum Gasteiger partial charge on any atom is 0.421 e. The number of benzene rings is 1. The van der Waals surface area contributed by atoms with Crippen LogP contribution < -0.4 is 35.1 Å². The van der Waals surface area contributed by atoms with Gasteiger partial charge >= 0.3 is 6.09 Å². The molecule has 0 bridgehead atoms. The number of carbonyl (C=O) groups excluding carboxylic acids is 4. The van der Waals surface area contributed by atoms with Gasteiger partial charge in [-0.2, -0.15) is 0 Å². The molecule has 0 radical (unpaired) electrons. The van der Waals surface area contributed by atoms with Gasteiger partial charge < -0.3 is 29.2 Å². The van der Waals surface area contributed by atoms with Crippen LogP contribution in [0.5, 0.6) is 17.5 Å². The number of aromatic nitrogens is 2. The molecule has 4 amide bonds. The number of ether oxygens (including phenoxy) is 4. The van der Waals surface area contributed by atoms with Gasteiger partial charge in [0.15, 0.2) is 0 Å². The Labute approximate surface area is 391 Å². The Bertz CT molecular complexity index is 2540. The molecule has 6 aliphatic rings. The first kappa shape index (κ1) is 46.6. The summed E-state index contributed by atoms with van der Waals surface area (Å²) in [5.74, 6) is 0.0285. The average Bonchev–Trinajstić information content (AvgIpc) is 4.24. The Morgan fingerprint density at radius 3 is 2.46 bits per heavy atom. The highest BCUT2D eigenvalue weighted by Gasteiger charge is 2.63. The van der Waals surface area contributed by atoms with Crippen molar-refractivity contribution in [2.24, 2.45) is 29.6 Å². The van der Waals surface area contributed by atoms with Crippen LogP contribution in [0.2, 0.25) is 0 Å². The molecule has 67 heavy (non-hydrogen) atoms. The lowest BCUT2D eigenvalue weighted by Crippen LogP contribution is -2.60. The Morgan fingerprint density at radius 1 is 0.985 bits per heavy atom. The molecule has 360 valence electrons. The third kappa shape index (κ3) is 9.92. The van der Waals surface area contributed by atoms with Crippen molar-refractivity contribution in [2.75, 3.05) is 13.7 Å². The van der Waals surface area contributed by atoms with Crippen molar-refractivity contribution in [1.82, 2.24) is 35.8 Å². The van der Waals surface area contributed by atoms with Gasteiger partial charge in [-0.15, -0.1) is 0 Å². The van der Waals surface area contributed by atoms with Crippen LogP contribution in [-0.4, -0.2) is 101 Å². The van der Waals surface area contributed by atoms with Crippen molar-refractivity contribution in [2.45, 2.75) is 140 Å². The molecule has 1 aromatic carbocycles. The zero-order chi connectivity index (χ0) is 47.4. The number of allylic oxidation sites excluding steroid dienone is 1. The second-order valence-corrected chi connectivity index (χ2v) is 22.6. The van der Waals surface area contributed by atoms with Crippen LogP contribution in [0.15, 0.2) is 54.7 Å². The number of hydrogen-bond donors (Lipinski definition) is 4. The van der Waals surface area contributed by atoms with Gasteiger partial charge in [-0.05, 0) is 138 Å². The number of hydrazine groups is 1. The predicted octanol–water partition coefficient (Wildman–Crippen LogP) is 5.72. The number of fused-ring (bicyclic) bond motifs is 4. The van der Waals surface area contributed by atoms with Gasteiger partial charge in [-0.1, -0.05) is 26.0 Å². The first-order valence-corrected chi connectivity index (χ1v) is 25.3. The van der Waals surface area contributed by atoms with Crippen LogP contribution in [0.3, 0.4) is 0 Å². The number of nitrogens with zero attached hydrogens (tertiary/aromatic N) is 3. The van der Waals surface area contributed by atoms with Crippen molar-refractivity contribution >= 4 is 44.6 Å². The number of rotatable bonds is 12. The zero-order valence-electron chi connectivity index (χ0n) is 39.1. The fraction of sp³-hybridized carbons (Fsp3) is 0.592. The number of hydrogen-bond acceptors (Lipinski definition) is 13. The van der Waals surface area contributed by atoms with Crippen molar-refractivity contribution in [3.8, 4) is 28.8 Å². The highest BCUT2D eigenvalue weighted by molar-refractivity contribution is 7.91. The normalized spacial score (nSPS) is 31.5. The minimum absolute atomic E-state index is 0.00941. The largest absolute Gasteiger partial charge is 0.497 e. The Balaban J connectivity index is 1.04. The maximum atomic E-state index is 15.2. The number of pyridine rings is 2. The van der Waals surface area contributed by atoms with Crippen LogP contribution in [0, 0.1) is 29.6 Å². The molecular formula is C49H63N7O10S. The van der Waals surface area contributed by atoms with Crippen LogP contribution in [-0.2, 0) is 29.1 Å². The predicted molar refractivity (Wildman–Crippen MR) is 248 cm³/mol. The molecule has 2 aromatic heterocycles. The van der Waals surface area contributed by atoms with Crippen LogP contribution >= 0.6 is 0 Å². The summed E-state index contributed by atoms with van der Waals surface area (Å²) in [7, 11) is -2.45. The molecule has 1 saturated heterocycles. The minimum Gasteiger partial charge on any atom is -0.497 e. The molecule has 3 aromatic rings. The first-order valence-electron chi connectivity index (χ1n) is 23.8. The molecular weight excluding hydrogens is 879 g/mol. The number of amides is 4. The molecule has 4 heterocycles. The standard InChI is InChI=1S/C49H63N7O10S/c1-27(2)64-41-14-11-30(25-50-41)39-22-33-21-35(63-6)12-13-38(33)44(51-39)65-37-23-40-43(57)52-49(46(59)55-67(61,62)48(5)15-16-48)24-34(49)10-8-7-9-28(3)17-29(4)42(45(58)56(40)26-37)53-54-47(60)66-36-19-31-18-32(31)20-36/h8,10-14,21-22,25,27-29,31-32,34,36-37,40,42,53H,7,9,15-20,23-24,26H2,1-6H3,(H,52,57)(H,54,60)(H,55,59)/b10-8-/t28-,29-,31-,32+,34-,36?,37-,40+,42+,49-/m1/s1. The highest BCUT2D eigenvalue weighted by Crippen LogP contribution is 2.52. The Hall–Kier alpha value is -5.49. The van der Waals surface area contributed by atoms with Crippen LogP contribution in [0.1, 0.15) is 98.8 Å². The van der Waals surface area contributed by atoms with Crippen molar-refractivity contribution in [3.63, 3.8) is 0 Å². The van der Waals surface area contributed by atoms with E-state index in [2.05, 4.69) is 32.8 Å². The summed E-state index contributed by atoms with van der Waals surface area (Å²) in [4.78, 5) is 68.3. The lowest BCUT2D eigenvalue weighted by atomic mass is 9.88. The zero-order valence-corrected chi connectivity index (χ0v) is 39.9. The average molecular weight is 942 g/mol. The van der Waals surface area contributed by atoms with Gasteiger partial charge in [-0.25, -0.2) is 28.6 Å². The molecule has 18 heteroatoms. The molecule has 10 atom stereocenters. The van der Waals surface area contributed by atoms with E-state index in [1.165, 1.54) is 11.3 Å². The third-order valence-electron chi connectivity index (χ3n) is 14.7. The topological polar surface area (TPSA) is 216 Å². The molecule has 17 nitrogen and oxygen atoms in total. The summed E-state index contributed by atoms with van der Waals surface area (Å²) in [6.45, 7) is 9.44. The summed E-state index contributed by atoms with van der Waals surface area (Å²) in [5, 5.41) is 4.38. The number of nitrogens with one attached hydrogen (secondary N) is 4. The summed E-state index contributed by atoms with van der Waals surface area (Å²) in [6.07, 6.45) is 9.78. The van der Waals surface area contributed by atoms with E-state index >= 15 is 4.79 Å². The van der Waals surface area contributed by atoms with E-state index in [0.717, 1.165) is 24.6 Å². The summed E-state index contributed by atoms with van der Waals surface area (Å²) in [5.41, 5.74) is 5.37. The van der Waals surface area contributed by atoms with E-state index in [4.69, 9.17) is 23.9 Å². The Kier molecular flexibility index (Phi) is 12.7. The van der Waals surface area contributed by atoms with E-state index in [9.17, 15) is 22.8 Å². The highest BCUT2D eigenvalue weighted by atomic mass is 32.2. The van der Waals surface area contributed by atoms with Crippen molar-refractivity contribution in [3.05, 3.63) is 54.7 Å². The molecule has 4 N–H and O–H groups in total. The quantitative estimate of drug-likeness (QED) is 0.126. The number of carbonyl (C=O) groups is 4. The molecule has 2 aliphatic heterocycles. The van der Waals surface area contributed by atoms with E-state index in [-0.39, 0.29) is 49.3 Å². The van der Waals surface area contributed by atoms with Gasteiger partial charge in [0.25, 0.3) is 5.91 Å². The lowest BCUT2D eigenvalue weighted by Gasteiger charge is -2.33. The van der Waals surface area contributed by atoms with E-state index in [1.807, 2.05) is 57.2 Å². The second-order valence-electron chi connectivity index (χ2n) is 20.4. The second kappa shape index (κ2) is 18.2. The molecule has 0 spiro atoms. The molecule has 9 rings (SSSR count). The SMILES string of the molecule is COc1ccc2c(O[C@@H]3C[C@H]4C(=O)N[C@]5(C(=O)NS(=O)(=O)C6(C)CC6)C[C@H]5/C=C\CC[C@@H](C)C[C@@H](C)[C@H](NNC(=O)OC5C[C@@H]6C[C@@H]6C5)C(=O)N4C3)nc(-c3ccc(OC(C)C)nc3)cc2c1. The van der Waals surface area contributed by atoms with E-state index < -0.39 is 68.2 Å². The molecule has 5 fully saturated rings. The number of methoxy groups -OCH3 is 1. The van der Waals surface area contributed by atoms with Crippen LogP contribution in [0.25, 0.3) is 22.0 Å². The van der Waals surface area contributed by atoms with E-state index in [1.54, 1.807) is 32.4 Å². The van der Waals surface area contributed by atoms with Crippen molar-refractivity contribution < 1.29 is 46.5 Å². The van der Waals surface area contributed by atoms with E-state index in [0.29, 0.717) is 65.8 Å². The molecule has 4 saturated carbocycles. The first-order chi connectivity index (χ1) is 31.9. The molecule has 4 aliphatic carbocycles. The maximum absolute atomic E-state index is 15.2. The fourth-order valence-electron chi connectivity index (χ4n) is 10.2. The summed E-state index contributed by atoms with van der Waals surface area (Å²) < 4.78 is 51.9. The van der Waals surface area contributed by atoms with Gasteiger partial charge in [0.05, 0.1) is 30.2 Å². The van der Waals surface area contributed by atoms with Gasteiger partial charge in [0.1, 0.15) is 35.6 Å². The summed E-state index contributed by atoms with van der Waals surface area (Å²) >= 11 is 0. The van der Waals surface area contributed by atoms with Gasteiger partial charge in [-0.3, -0.25) is 24.5 Å². The summed E-state index contributed by atoms with van der Waals surface area (Å²) in [6, 6.07) is 8.89. The minimum atomic E-state index is -4.03. The Morgan fingerprint density at radius 2 is 1.76 bits per heavy atom. The number of sulfonamides is 1. The third-order valence-corrected chi connectivity index (χ3v) is 16.9. The van der Waals surface area contributed by atoms with Crippen LogP contribution in [0.4, 0.5) is 4.79 Å². The van der Waals surface area contributed by atoms with Crippen molar-refractivity contribution in [1.29, 1.82) is 0 Å². The van der Waals surface area contributed by atoms with Gasteiger partial charge in [0, 0.05) is 35.6 Å². The monoisotopic (exact) mass is 941 g/mol.